The number of nitrogens with two attached hydrogens (primary N) is 1. The average Bonchev–Trinajstić information content (AvgIpc) is 3.22. The Morgan fingerprint density at radius 1 is 1.08 bits per heavy atom. The lowest BCUT2D eigenvalue weighted by Gasteiger charge is -2.22. The summed E-state index contributed by atoms with van der Waals surface area (Å²) in [7, 11) is 0. The van der Waals surface area contributed by atoms with Crippen LogP contribution in [0.5, 0.6) is 0 Å². The first-order valence-electron chi connectivity index (χ1n) is 8.91. The summed E-state index contributed by atoms with van der Waals surface area (Å²) in [6.07, 6.45) is 9.27. The second-order valence-corrected chi connectivity index (χ2v) is 7.09. The minimum absolute atomic E-state index is 0. The Balaban J connectivity index is 0.00000121. The van der Waals surface area contributed by atoms with Gasteiger partial charge in [-0.25, -0.2) is 4.98 Å². The molecular formula is C19H26Cl2N4O. The van der Waals surface area contributed by atoms with Crippen LogP contribution in [0.2, 0.25) is 0 Å². The van der Waals surface area contributed by atoms with Gasteiger partial charge in [-0.1, -0.05) is 25.0 Å². The number of amides is 1. The van der Waals surface area contributed by atoms with Gasteiger partial charge in [0.1, 0.15) is 5.82 Å². The molecule has 26 heavy (non-hydrogen) atoms. The fourth-order valence-electron chi connectivity index (χ4n) is 3.76. The number of hydrogen-bond acceptors (Lipinski definition) is 3. The van der Waals surface area contributed by atoms with E-state index in [9.17, 15) is 4.79 Å². The lowest BCUT2D eigenvalue weighted by Crippen LogP contribution is -2.48. The van der Waals surface area contributed by atoms with Crippen LogP contribution in [0.25, 0.3) is 11.3 Å². The van der Waals surface area contributed by atoms with E-state index in [1.54, 1.807) is 0 Å². The van der Waals surface area contributed by atoms with Gasteiger partial charge in [0.15, 0.2) is 0 Å². The molecule has 5 nitrogen and oxygen atoms in total. The van der Waals surface area contributed by atoms with Crippen molar-refractivity contribution < 1.29 is 4.79 Å². The zero-order chi connectivity index (χ0) is 16.6. The Morgan fingerprint density at radius 2 is 1.77 bits per heavy atom. The van der Waals surface area contributed by atoms with Gasteiger partial charge in [0.25, 0.3) is 0 Å². The third kappa shape index (κ3) is 4.05. The van der Waals surface area contributed by atoms with E-state index in [4.69, 9.17) is 10.7 Å². The van der Waals surface area contributed by atoms with Gasteiger partial charge in [-0.15, -0.1) is 24.8 Å². The molecule has 0 saturated heterocycles. The number of imidazole rings is 1. The molecule has 2 aromatic rings. The number of rotatable bonds is 3. The van der Waals surface area contributed by atoms with Gasteiger partial charge in [-0.05, 0) is 37.8 Å². The quantitative estimate of drug-likeness (QED) is 0.824. The molecule has 0 unspecified atom stereocenters. The fraction of sp³-hybridized carbons (Fsp3) is 0.474. The highest BCUT2D eigenvalue weighted by Crippen LogP contribution is 2.29. The second-order valence-electron chi connectivity index (χ2n) is 7.09. The minimum atomic E-state index is -0.693. The van der Waals surface area contributed by atoms with Crippen molar-refractivity contribution in [3.63, 3.8) is 0 Å². The maximum Gasteiger partial charge on any atom is 0.244 e. The van der Waals surface area contributed by atoms with Gasteiger partial charge in [-0.3, -0.25) is 4.79 Å². The van der Waals surface area contributed by atoms with Crippen LogP contribution in [-0.4, -0.2) is 21.0 Å². The fourth-order valence-corrected chi connectivity index (χ4v) is 3.76. The molecule has 0 spiro atoms. The topological polar surface area (TPSA) is 72.9 Å². The SMILES string of the molecule is Cl.Cl.NC1(C(=O)Nc2ccc(-c3cn4c(n3)CCCC4)cc2)CCCC1. The number of benzene rings is 1. The van der Waals surface area contributed by atoms with Gasteiger partial charge < -0.3 is 15.6 Å². The van der Waals surface area contributed by atoms with Gasteiger partial charge >= 0.3 is 0 Å². The van der Waals surface area contributed by atoms with Crippen molar-refractivity contribution in [2.75, 3.05) is 5.32 Å². The van der Waals surface area contributed by atoms with Crippen molar-refractivity contribution in [1.82, 2.24) is 9.55 Å². The van der Waals surface area contributed by atoms with E-state index in [1.165, 1.54) is 18.7 Å². The summed E-state index contributed by atoms with van der Waals surface area (Å²) in [5, 5.41) is 2.96. The third-order valence-electron chi connectivity index (χ3n) is 5.30. The van der Waals surface area contributed by atoms with Crippen LogP contribution in [0.15, 0.2) is 30.5 Å². The number of hydrogen-bond donors (Lipinski definition) is 2. The Hall–Kier alpha value is -1.56. The van der Waals surface area contributed by atoms with E-state index < -0.39 is 5.54 Å². The summed E-state index contributed by atoms with van der Waals surface area (Å²) in [4.78, 5) is 17.1. The molecule has 1 aromatic heterocycles. The first kappa shape index (κ1) is 20.7. The molecule has 1 aromatic carbocycles. The van der Waals surface area contributed by atoms with E-state index in [0.717, 1.165) is 55.6 Å². The number of anilines is 1. The molecule has 1 aliphatic heterocycles. The van der Waals surface area contributed by atoms with Crippen LogP contribution >= 0.6 is 24.8 Å². The van der Waals surface area contributed by atoms with Crippen LogP contribution in [0.3, 0.4) is 0 Å². The number of carbonyl (C=O) groups is 1. The molecule has 142 valence electrons. The molecule has 0 atom stereocenters. The highest BCUT2D eigenvalue weighted by atomic mass is 35.5. The van der Waals surface area contributed by atoms with Crippen LogP contribution in [0.1, 0.15) is 44.3 Å². The predicted octanol–water partition coefficient (Wildman–Crippen LogP) is 3.94. The van der Waals surface area contributed by atoms with E-state index in [-0.39, 0.29) is 30.7 Å². The molecule has 3 N–H and O–H groups in total. The summed E-state index contributed by atoms with van der Waals surface area (Å²) >= 11 is 0. The van der Waals surface area contributed by atoms with Gasteiger partial charge in [0.05, 0.1) is 11.2 Å². The van der Waals surface area contributed by atoms with Crippen LogP contribution in [-0.2, 0) is 17.8 Å². The third-order valence-corrected chi connectivity index (χ3v) is 5.30. The Bertz CT molecular complexity index is 728. The molecular weight excluding hydrogens is 371 g/mol. The monoisotopic (exact) mass is 396 g/mol. The molecule has 1 aliphatic carbocycles. The van der Waals surface area contributed by atoms with Crippen LogP contribution in [0, 0.1) is 0 Å². The van der Waals surface area contributed by atoms with Crippen molar-refractivity contribution in [2.24, 2.45) is 5.73 Å². The minimum Gasteiger partial charge on any atom is -0.334 e. The summed E-state index contributed by atoms with van der Waals surface area (Å²) in [5.74, 6) is 1.12. The predicted molar refractivity (Wildman–Crippen MR) is 109 cm³/mol. The summed E-state index contributed by atoms with van der Waals surface area (Å²) < 4.78 is 2.26. The summed E-state index contributed by atoms with van der Waals surface area (Å²) in [5.41, 5.74) is 8.40. The smallest absolute Gasteiger partial charge is 0.244 e. The zero-order valence-electron chi connectivity index (χ0n) is 14.7. The van der Waals surface area contributed by atoms with Crippen molar-refractivity contribution in [1.29, 1.82) is 0 Å². The lowest BCUT2D eigenvalue weighted by atomic mass is 9.98. The molecule has 2 aliphatic rings. The number of carbonyl (C=O) groups excluding carboxylic acids is 1. The highest BCUT2D eigenvalue weighted by Gasteiger charge is 2.36. The number of aromatic nitrogens is 2. The molecule has 1 fully saturated rings. The first-order chi connectivity index (χ1) is 11.6. The first-order valence-corrected chi connectivity index (χ1v) is 8.91. The number of nitrogens with one attached hydrogen (secondary N) is 1. The number of aryl methyl sites for hydroxylation is 2. The van der Waals surface area contributed by atoms with E-state index in [1.807, 2.05) is 24.3 Å². The van der Waals surface area contributed by atoms with Gasteiger partial charge in [-0.2, -0.15) is 0 Å². The lowest BCUT2D eigenvalue weighted by molar-refractivity contribution is -0.121. The Kier molecular flexibility index (Phi) is 6.72. The summed E-state index contributed by atoms with van der Waals surface area (Å²) in [6, 6.07) is 7.90. The van der Waals surface area contributed by atoms with E-state index in [0.29, 0.717) is 0 Å². The molecule has 4 rings (SSSR count). The van der Waals surface area contributed by atoms with Crippen molar-refractivity contribution in [2.45, 2.75) is 57.0 Å². The van der Waals surface area contributed by atoms with Gasteiger partial charge in [0, 0.05) is 30.4 Å². The second kappa shape index (κ2) is 8.42. The maximum absolute atomic E-state index is 12.4. The maximum atomic E-state index is 12.4. The zero-order valence-corrected chi connectivity index (χ0v) is 16.4. The van der Waals surface area contributed by atoms with E-state index in [2.05, 4.69) is 16.1 Å². The summed E-state index contributed by atoms with van der Waals surface area (Å²) in [6.45, 7) is 1.06. The van der Waals surface area contributed by atoms with Gasteiger partial charge in [0.2, 0.25) is 5.91 Å². The molecule has 1 amide bonds. The molecule has 2 heterocycles. The standard InChI is InChI=1S/C19H24N4O.2ClH/c20-19(10-2-3-11-19)18(24)21-15-8-6-14(7-9-15)16-13-23-12-4-1-5-17(23)22-16;;/h6-9,13H,1-5,10-12,20H2,(H,21,24);2*1H. The molecule has 1 saturated carbocycles. The van der Waals surface area contributed by atoms with E-state index >= 15 is 0 Å². The highest BCUT2D eigenvalue weighted by molar-refractivity contribution is 5.98. The van der Waals surface area contributed by atoms with Crippen molar-refractivity contribution >= 4 is 36.4 Å². The number of nitrogens with zero attached hydrogens (tertiary/aromatic N) is 2. The Labute approximate surface area is 166 Å². The molecule has 0 radical (unpaired) electrons. The number of fused-ring (bicyclic) bond motifs is 1. The van der Waals surface area contributed by atoms with Crippen LogP contribution in [0.4, 0.5) is 5.69 Å². The van der Waals surface area contributed by atoms with Crippen molar-refractivity contribution in [3.05, 3.63) is 36.3 Å². The molecule has 0 bridgehead atoms. The molecule has 7 heteroatoms. The largest absolute Gasteiger partial charge is 0.334 e. The van der Waals surface area contributed by atoms with Crippen molar-refractivity contribution in [3.8, 4) is 11.3 Å². The number of halogens is 2. The normalized spacial score (nSPS) is 17.6. The van der Waals surface area contributed by atoms with Crippen LogP contribution < -0.4 is 11.1 Å². The Morgan fingerprint density at radius 3 is 2.42 bits per heavy atom. The average molecular weight is 397 g/mol.